The minimum Gasteiger partial charge on any atom is -0.496 e. The normalized spacial score (nSPS) is 17.4. The van der Waals surface area contributed by atoms with E-state index in [0.717, 1.165) is 42.6 Å². The Kier molecular flexibility index (Phi) is 9.71. The first-order chi connectivity index (χ1) is 11.3. The third-order valence-corrected chi connectivity index (χ3v) is 4.96. The number of methoxy groups -OCH3 is 2. The number of benzene rings is 1. The fourth-order valence-electron chi connectivity index (χ4n) is 3.00. The van der Waals surface area contributed by atoms with E-state index in [1.165, 1.54) is 5.56 Å². The van der Waals surface area contributed by atoms with E-state index in [0.29, 0.717) is 12.6 Å². The van der Waals surface area contributed by atoms with Crippen LogP contribution in [0.2, 0.25) is 0 Å². The number of hydrogen-bond donors (Lipinski definition) is 1. The van der Waals surface area contributed by atoms with Gasteiger partial charge >= 0.3 is 0 Å². The summed E-state index contributed by atoms with van der Waals surface area (Å²) in [6.07, 6.45) is 0. The van der Waals surface area contributed by atoms with Crippen LogP contribution < -0.4 is 10.1 Å². The molecule has 1 aromatic carbocycles. The molecule has 0 spiro atoms. The molecule has 0 radical (unpaired) electrons. The lowest BCUT2D eigenvalue weighted by Gasteiger charge is -2.36. The van der Waals surface area contributed by atoms with E-state index in [1.807, 2.05) is 12.1 Å². The number of aromatic nitrogens is 1. The average Bonchev–Trinajstić information content (AvgIpc) is 3.03. The zero-order valence-corrected chi connectivity index (χ0v) is 16.9. The monoisotopic (exact) mass is 405 g/mol. The van der Waals surface area contributed by atoms with Gasteiger partial charge in [-0.1, -0.05) is 18.2 Å². The van der Waals surface area contributed by atoms with Gasteiger partial charge in [-0.05, 0) is 6.07 Å². The van der Waals surface area contributed by atoms with Gasteiger partial charge in [0.2, 0.25) is 0 Å². The highest BCUT2D eigenvalue weighted by molar-refractivity contribution is 7.09. The van der Waals surface area contributed by atoms with Crippen molar-refractivity contribution in [3.8, 4) is 5.75 Å². The number of nitrogens with zero attached hydrogens (tertiary/aromatic N) is 2. The largest absolute Gasteiger partial charge is 0.496 e. The molecule has 1 fully saturated rings. The molecule has 1 atom stereocenters. The summed E-state index contributed by atoms with van der Waals surface area (Å²) in [7, 11) is 3.44. The van der Waals surface area contributed by atoms with Gasteiger partial charge in [0, 0.05) is 44.2 Å². The maximum Gasteiger partial charge on any atom is 0.123 e. The highest BCUT2D eigenvalue weighted by atomic mass is 35.5. The zero-order valence-electron chi connectivity index (χ0n) is 14.4. The van der Waals surface area contributed by atoms with Gasteiger partial charge in [0.1, 0.15) is 10.8 Å². The maximum atomic E-state index is 5.55. The molecule has 1 aliphatic rings. The fraction of sp³-hybridized carbons (Fsp3) is 0.471. The van der Waals surface area contributed by atoms with Crippen molar-refractivity contribution >= 4 is 36.2 Å². The first-order valence-electron chi connectivity index (χ1n) is 7.81. The number of rotatable bonds is 6. The summed E-state index contributed by atoms with van der Waals surface area (Å²) < 4.78 is 10.7. The first-order valence-corrected chi connectivity index (χ1v) is 8.69. The summed E-state index contributed by atoms with van der Waals surface area (Å²) in [4.78, 5) is 7.14. The Morgan fingerprint density at radius 2 is 2.08 bits per heavy atom. The Morgan fingerprint density at radius 3 is 2.84 bits per heavy atom. The molecule has 1 N–H and O–H groups in total. The second-order valence-corrected chi connectivity index (χ2v) is 6.54. The molecule has 2 heterocycles. The van der Waals surface area contributed by atoms with Gasteiger partial charge in [0.05, 0.1) is 25.5 Å². The molecule has 2 aromatic rings. The van der Waals surface area contributed by atoms with Gasteiger partial charge in [0.15, 0.2) is 0 Å². The van der Waals surface area contributed by atoms with Crippen LogP contribution in [-0.4, -0.2) is 43.7 Å². The van der Waals surface area contributed by atoms with Gasteiger partial charge in [-0.25, -0.2) is 4.98 Å². The van der Waals surface area contributed by atoms with Crippen LogP contribution in [0.3, 0.4) is 0 Å². The third-order valence-electron chi connectivity index (χ3n) is 4.08. The molecule has 0 amide bonds. The number of thiazole rings is 1. The summed E-state index contributed by atoms with van der Waals surface area (Å²) in [6.45, 7) is 4.36. The van der Waals surface area contributed by atoms with E-state index in [4.69, 9.17) is 9.47 Å². The van der Waals surface area contributed by atoms with Crippen LogP contribution in [0.25, 0.3) is 0 Å². The van der Waals surface area contributed by atoms with Gasteiger partial charge < -0.3 is 14.8 Å². The van der Waals surface area contributed by atoms with Crippen molar-refractivity contribution in [2.24, 2.45) is 0 Å². The van der Waals surface area contributed by atoms with Crippen molar-refractivity contribution in [2.45, 2.75) is 19.2 Å². The molecule has 1 unspecified atom stereocenters. The third kappa shape index (κ3) is 5.54. The Hall–Kier alpha value is -0.890. The van der Waals surface area contributed by atoms with Crippen LogP contribution in [0.4, 0.5) is 0 Å². The number of ether oxygens (including phenoxy) is 2. The molecule has 0 aliphatic carbocycles. The maximum absolute atomic E-state index is 5.55. The molecule has 1 aliphatic heterocycles. The van der Waals surface area contributed by atoms with E-state index >= 15 is 0 Å². The molecule has 1 saturated heterocycles. The Morgan fingerprint density at radius 1 is 1.28 bits per heavy atom. The lowest BCUT2D eigenvalue weighted by Crippen LogP contribution is -2.45. The number of nitrogens with one attached hydrogen (secondary N) is 1. The highest BCUT2D eigenvalue weighted by Crippen LogP contribution is 2.31. The summed E-state index contributed by atoms with van der Waals surface area (Å²) in [5.74, 6) is 0.949. The molecule has 1 aromatic heterocycles. The highest BCUT2D eigenvalue weighted by Gasteiger charge is 2.26. The number of hydrogen-bond acceptors (Lipinski definition) is 6. The van der Waals surface area contributed by atoms with Crippen molar-refractivity contribution in [3.05, 3.63) is 45.9 Å². The second kappa shape index (κ2) is 11.0. The minimum absolute atomic E-state index is 0. The number of piperazine rings is 1. The van der Waals surface area contributed by atoms with Gasteiger partial charge in [-0.15, -0.1) is 36.2 Å². The number of para-hydroxylation sites is 1. The van der Waals surface area contributed by atoms with Gasteiger partial charge in [-0.3, -0.25) is 4.90 Å². The van der Waals surface area contributed by atoms with Gasteiger partial charge in [-0.2, -0.15) is 0 Å². The molecule has 140 valence electrons. The molecule has 3 rings (SSSR count). The Balaban J connectivity index is 0.00000156. The molecular weight excluding hydrogens is 381 g/mol. The predicted octanol–water partition coefficient (Wildman–Crippen LogP) is 3.29. The van der Waals surface area contributed by atoms with Crippen molar-refractivity contribution in [3.63, 3.8) is 0 Å². The quantitative estimate of drug-likeness (QED) is 0.798. The Bertz CT molecular complexity index is 642. The zero-order chi connectivity index (χ0) is 16.1. The predicted molar refractivity (Wildman–Crippen MR) is 106 cm³/mol. The molecular formula is C17H25Cl2N3O2S. The van der Waals surface area contributed by atoms with Crippen LogP contribution in [0.1, 0.15) is 22.3 Å². The van der Waals surface area contributed by atoms with Crippen LogP contribution in [0.15, 0.2) is 29.6 Å². The molecule has 0 saturated carbocycles. The minimum atomic E-state index is 0. The van der Waals surface area contributed by atoms with Crippen LogP contribution in [-0.2, 0) is 17.9 Å². The summed E-state index contributed by atoms with van der Waals surface area (Å²) >= 11 is 1.66. The van der Waals surface area contributed by atoms with Gasteiger partial charge in [0.25, 0.3) is 0 Å². The van der Waals surface area contributed by atoms with Crippen LogP contribution in [0, 0.1) is 0 Å². The summed E-state index contributed by atoms with van der Waals surface area (Å²) in [5, 5.41) is 6.66. The van der Waals surface area contributed by atoms with Crippen molar-refractivity contribution in [2.75, 3.05) is 33.9 Å². The lowest BCUT2D eigenvalue weighted by molar-refractivity contribution is 0.149. The first kappa shape index (κ1) is 22.2. The summed E-state index contributed by atoms with van der Waals surface area (Å²) in [5.41, 5.74) is 2.35. The summed E-state index contributed by atoms with van der Waals surface area (Å²) in [6, 6.07) is 8.57. The molecule has 25 heavy (non-hydrogen) atoms. The van der Waals surface area contributed by atoms with Crippen molar-refractivity contribution in [1.29, 1.82) is 0 Å². The number of halogens is 2. The second-order valence-electron chi connectivity index (χ2n) is 5.60. The van der Waals surface area contributed by atoms with Crippen LogP contribution >= 0.6 is 36.2 Å². The van der Waals surface area contributed by atoms with E-state index < -0.39 is 0 Å². The molecule has 0 bridgehead atoms. The van der Waals surface area contributed by atoms with Crippen molar-refractivity contribution < 1.29 is 9.47 Å². The van der Waals surface area contributed by atoms with Crippen molar-refractivity contribution in [1.82, 2.24) is 15.2 Å². The van der Waals surface area contributed by atoms with E-state index in [1.54, 1.807) is 25.6 Å². The Labute approximate surface area is 165 Å². The van der Waals surface area contributed by atoms with E-state index in [-0.39, 0.29) is 24.8 Å². The van der Waals surface area contributed by atoms with E-state index in [9.17, 15) is 0 Å². The van der Waals surface area contributed by atoms with Crippen LogP contribution in [0.5, 0.6) is 5.75 Å². The average molecular weight is 406 g/mol. The topological polar surface area (TPSA) is 46.6 Å². The fourth-order valence-corrected chi connectivity index (χ4v) is 3.76. The lowest BCUT2D eigenvalue weighted by atomic mass is 10.0. The SMILES string of the molecule is COCc1nc(CN2CCNCC2c2ccccc2OC)cs1.Cl.Cl. The van der Waals surface area contributed by atoms with E-state index in [2.05, 4.69) is 32.7 Å². The molecule has 8 heteroatoms. The standard InChI is InChI=1S/C17H23N3O2S.2ClH/c1-21-11-17-19-13(12-23-17)10-20-8-7-18-9-15(20)14-5-3-4-6-16(14)22-2;;/h3-6,12,15,18H,7-11H2,1-2H3;2*1H. The molecule has 5 nitrogen and oxygen atoms in total. The smallest absolute Gasteiger partial charge is 0.123 e.